The average molecular weight is 362 g/mol. The third kappa shape index (κ3) is 6.48. The van der Waals surface area contributed by atoms with Crippen molar-refractivity contribution >= 4 is 6.03 Å². The SMILES string of the molecule is CC(C)=CCCC(C)CN1CCCn2nc(CNC(=O)N(C)C)cc2C1. The molecule has 1 N–H and O–H groups in total. The molecule has 1 unspecified atom stereocenters. The predicted octanol–water partition coefficient (Wildman–Crippen LogP) is 3.24. The maximum Gasteiger partial charge on any atom is 0.317 e. The van der Waals surface area contributed by atoms with Crippen molar-refractivity contribution in [2.24, 2.45) is 5.92 Å². The second-order valence-corrected chi connectivity index (χ2v) is 7.96. The molecule has 2 rings (SSSR count). The van der Waals surface area contributed by atoms with Crippen LogP contribution in [0.5, 0.6) is 0 Å². The number of carbonyl (C=O) groups excluding carboxylic acids is 1. The molecule has 1 aromatic rings. The zero-order chi connectivity index (χ0) is 19.1. The van der Waals surface area contributed by atoms with Crippen molar-refractivity contribution in [3.63, 3.8) is 0 Å². The lowest BCUT2D eigenvalue weighted by molar-refractivity contribution is 0.217. The summed E-state index contributed by atoms with van der Waals surface area (Å²) in [6.45, 7) is 11.3. The Morgan fingerprint density at radius 3 is 2.85 bits per heavy atom. The van der Waals surface area contributed by atoms with Crippen LogP contribution in [0.1, 0.15) is 51.4 Å². The first-order chi connectivity index (χ1) is 12.3. The van der Waals surface area contributed by atoms with E-state index in [1.54, 1.807) is 19.0 Å². The number of urea groups is 1. The van der Waals surface area contributed by atoms with E-state index in [2.05, 4.69) is 52.9 Å². The van der Waals surface area contributed by atoms with Gasteiger partial charge >= 0.3 is 6.03 Å². The summed E-state index contributed by atoms with van der Waals surface area (Å²) in [4.78, 5) is 15.8. The van der Waals surface area contributed by atoms with Crippen molar-refractivity contribution < 1.29 is 4.79 Å². The second-order valence-electron chi connectivity index (χ2n) is 7.96. The summed E-state index contributed by atoms with van der Waals surface area (Å²) >= 11 is 0. The highest BCUT2D eigenvalue weighted by Crippen LogP contribution is 2.17. The number of aryl methyl sites for hydroxylation is 1. The lowest BCUT2D eigenvalue weighted by atomic mass is 10.0. The summed E-state index contributed by atoms with van der Waals surface area (Å²) in [6, 6.07) is 2.06. The summed E-state index contributed by atoms with van der Waals surface area (Å²) in [7, 11) is 3.49. The van der Waals surface area contributed by atoms with E-state index in [1.807, 2.05) is 0 Å². The molecule has 0 aromatic carbocycles. The first-order valence-electron chi connectivity index (χ1n) is 9.71. The Labute approximate surface area is 158 Å². The van der Waals surface area contributed by atoms with Crippen LogP contribution in [0.15, 0.2) is 17.7 Å². The molecule has 2 heterocycles. The third-order valence-corrected chi connectivity index (χ3v) is 4.75. The lowest BCUT2D eigenvalue weighted by Gasteiger charge is -2.23. The smallest absolute Gasteiger partial charge is 0.317 e. The Balaban J connectivity index is 1.88. The molecule has 2 amide bonds. The molecule has 1 aliphatic heterocycles. The maximum absolute atomic E-state index is 11.7. The van der Waals surface area contributed by atoms with Crippen molar-refractivity contribution in [3.8, 4) is 0 Å². The minimum Gasteiger partial charge on any atom is -0.332 e. The molecule has 26 heavy (non-hydrogen) atoms. The van der Waals surface area contributed by atoms with Gasteiger partial charge in [0.05, 0.1) is 17.9 Å². The standard InChI is InChI=1S/C20H35N5O/c1-16(2)8-6-9-17(3)14-24-10-7-11-25-19(15-24)12-18(22-25)13-21-20(26)23(4)5/h8,12,17H,6-7,9-11,13-15H2,1-5H3,(H,21,26). The van der Waals surface area contributed by atoms with E-state index in [1.165, 1.54) is 24.1 Å². The van der Waals surface area contributed by atoms with Gasteiger partial charge in [-0.2, -0.15) is 5.10 Å². The Hall–Kier alpha value is -1.82. The zero-order valence-electron chi connectivity index (χ0n) is 17.1. The van der Waals surface area contributed by atoms with E-state index in [0.717, 1.165) is 38.3 Å². The van der Waals surface area contributed by atoms with Crippen molar-refractivity contribution in [1.29, 1.82) is 0 Å². The van der Waals surface area contributed by atoms with Crippen molar-refractivity contribution in [1.82, 2.24) is 24.9 Å². The van der Waals surface area contributed by atoms with E-state index < -0.39 is 0 Å². The zero-order valence-corrected chi connectivity index (χ0v) is 17.1. The van der Waals surface area contributed by atoms with Crippen LogP contribution >= 0.6 is 0 Å². The van der Waals surface area contributed by atoms with E-state index in [9.17, 15) is 4.79 Å². The van der Waals surface area contributed by atoms with Gasteiger partial charge in [0.15, 0.2) is 0 Å². The summed E-state index contributed by atoms with van der Waals surface area (Å²) < 4.78 is 2.12. The minimum atomic E-state index is -0.0833. The number of nitrogens with zero attached hydrogens (tertiary/aromatic N) is 4. The molecular weight excluding hydrogens is 326 g/mol. The molecular formula is C20H35N5O. The molecule has 0 radical (unpaired) electrons. The maximum atomic E-state index is 11.7. The number of carbonyl (C=O) groups is 1. The van der Waals surface area contributed by atoms with E-state index in [-0.39, 0.29) is 6.03 Å². The number of allylic oxidation sites excluding steroid dienone is 2. The Bertz CT molecular complexity index is 616. The van der Waals surface area contributed by atoms with E-state index in [4.69, 9.17) is 0 Å². The highest BCUT2D eigenvalue weighted by molar-refractivity contribution is 5.73. The molecule has 0 aliphatic carbocycles. The largest absolute Gasteiger partial charge is 0.332 e. The van der Waals surface area contributed by atoms with Crippen LogP contribution in [0, 0.1) is 5.92 Å². The lowest BCUT2D eigenvalue weighted by Crippen LogP contribution is -2.34. The fourth-order valence-electron chi connectivity index (χ4n) is 3.34. The number of hydrogen-bond acceptors (Lipinski definition) is 3. The van der Waals surface area contributed by atoms with Crippen molar-refractivity contribution in [3.05, 3.63) is 29.1 Å². The van der Waals surface area contributed by atoms with Gasteiger partial charge in [0, 0.05) is 40.3 Å². The van der Waals surface area contributed by atoms with Crippen LogP contribution in [0.25, 0.3) is 0 Å². The van der Waals surface area contributed by atoms with Crippen molar-refractivity contribution in [2.45, 2.75) is 59.7 Å². The van der Waals surface area contributed by atoms with Gasteiger partial charge in [-0.3, -0.25) is 9.58 Å². The monoisotopic (exact) mass is 361 g/mol. The summed E-state index contributed by atoms with van der Waals surface area (Å²) in [6.07, 6.45) is 5.87. The van der Waals surface area contributed by atoms with Crippen LogP contribution in [-0.4, -0.2) is 52.8 Å². The summed E-state index contributed by atoms with van der Waals surface area (Å²) in [5.41, 5.74) is 3.60. The minimum absolute atomic E-state index is 0.0833. The number of fused-ring (bicyclic) bond motifs is 1. The first-order valence-corrected chi connectivity index (χ1v) is 9.71. The Kier molecular flexibility index (Phi) is 7.69. The van der Waals surface area contributed by atoms with Gasteiger partial charge in [-0.05, 0) is 45.1 Å². The van der Waals surface area contributed by atoms with E-state index in [0.29, 0.717) is 12.5 Å². The fourth-order valence-corrected chi connectivity index (χ4v) is 3.34. The topological polar surface area (TPSA) is 53.4 Å². The molecule has 0 bridgehead atoms. The first kappa shape index (κ1) is 20.5. The molecule has 1 atom stereocenters. The fraction of sp³-hybridized carbons (Fsp3) is 0.700. The molecule has 6 heteroatoms. The highest BCUT2D eigenvalue weighted by Gasteiger charge is 2.18. The van der Waals surface area contributed by atoms with Crippen LogP contribution < -0.4 is 5.32 Å². The summed E-state index contributed by atoms with van der Waals surface area (Å²) in [5, 5.41) is 7.56. The predicted molar refractivity (Wildman–Crippen MR) is 106 cm³/mol. The number of amides is 2. The van der Waals surface area contributed by atoms with Gasteiger partial charge in [-0.1, -0.05) is 18.6 Å². The molecule has 0 saturated carbocycles. The number of aromatic nitrogens is 2. The number of nitrogens with one attached hydrogen (secondary N) is 1. The number of hydrogen-bond donors (Lipinski definition) is 1. The van der Waals surface area contributed by atoms with E-state index >= 15 is 0 Å². The second kappa shape index (κ2) is 9.76. The van der Waals surface area contributed by atoms with Gasteiger partial charge < -0.3 is 10.2 Å². The molecule has 0 spiro atoms. The quantitative estimate of drug-likeness (QED) is 0.759. The average Bonchev–Trinajstić information content (AvgIpc) is 2.84. The third-order valence-electron chi connectivity index (χ3n) is 4.75. The molecule has 1 aromatic heterocycles. The summed E-state index contributed by atoms with van der Waals surface area (Å²) in [5.74, 6) is 0.693. The normalized spacial score (nSPS) is 15.7. The van der Waals surface area contributed by atoms with Crippen molar-refractivity contribution in [2.75, 3.05) is 27.2 Å². The van der Waals surface area contributed by atoms with Gasteiger partial charge in [0.2, 0.25) is 0 Å². The van der Waals surface area contributed by atoms with Gasteiger partial charge in [-0.25, -0.2) is 4.79 Å². The van der Waals surface area contributed by atoms with Gasteiger partial charge in [-0.15, -0.1) is 0 Å². The van der Waals surface area contributed by atoms with Crippen LogP contribution in [-0.2, 0) is 19.6 Å². The molecule has 0 fully saturated rings. The van der Waals surface area contributed by atoms with Crippen LogP contribution in [0.4, 0.5) is 4.79 Å². The molecule has 0 saturated heterocycles. The Morgan fingerprint density at radius 2 is 2.15 bits per heavy atom. The molecule has 6 nitrogen and oxygen atoms in total. The molecule has 146 valence electrons. The number of rotatable bonds is 7. The van der Waals surface area contributed by atoms with Gasteiger partial charge in [0.1, 0.15) is 0 Å². The van der Waals surface area contributed by atoms with Crippen LogP contribution in [0.3, 0.4) is 0 Å². The highest BCUT2D eigenvalue weighted by atomic mass is 16.2. The molecule has 1 aliphatic rings. The Morgan fingerprint density at radius 1 is 1.38 bits per heavy atom. The van der Waals surface area contributed by atoms with Crippen LogP contribution in [0.2, 0.25) is 0 Å². The van der Waals surface area contributed by atoms with Gasteiger partial charge in [0.25, 0.3) is 0 Å².